The first kappa shape index (κ1) is 5.89. The third-order valence-electron chi connectivity index (χ3n) is 1.03. The predicted molar refractivity (Wildman–Crippen MR) is 42.9 cm³/mol. The Morgan fingerprint density at radius 1 is 1.88 bits per heavy atom. The summed E-state index contributed by atoms with van der Waals surface area (Å²) in [6.45, 7) is 2.12. The Morgan fingerprint density at radius 3 is 2.88 bits per heavy atom. The van der Waals surface area contributed by atoms with E-state index in [0.29, 0.717) is 0 Å². The van der Waals surface area contributed by atoms with E-state index in [1.54, 1.807) is 11.3 Å². The van der Waals surface area contributed by atoms with E-state index in [1.807, 2.05) is 7.85 Å². The highest BCUT2D eigenvalue weighted by molar-refractivity contribution is 7.18. The first-order valence-corrected chi connectivity index (χ1v) is 3.62. The summed E-state index contributed by atoms with van der Waals surface area (Å²) in [7, 11) is 3.09. The molecule has 0 amide bonds. The van der Waals surface area contributed by atoms with Crippen LogP contribution in [0.1, 0.15) is 0 Å². The van der Waals surface area contributed by atoms with Gasteiger partial charge in [-0.1, -0.05) is 6.82 Å². The van der Waals surface area contributed by atoms with E-state index >= 15 is 0 Å². The monoisotopic (exact) mass is 123 g/mol. The Balaban J connectivity index is 2.84. The van der Waals surface area contributed by atoms with Gasteiger partial charge in [-0.3, -0.25) is 4.98 Å². The highest BCUT2D eigenvalue weighted by Gasteiger charge is 1.92. The van der Waals surface area contributed by atoms with Gasteiger partial charge in [-0.15, -0.1) is 11.3 Å². The van der Waals surface area contributed by atoms with Gasteiger partial charge in [0.1, 0.15) is 0 Å². The molecule has 1 nitrogen and oxygen atoms in total. The second kappa shape index (κ2) is 2.35. The Morgan fingerprint density at radius 2 is 2.62 bits per heavy atom. The van der Waals surface area contributed by atoms with Crippen LogP contribution in [0, 0.1) is 0 Å². The van der Waals surface area contributed by atoms with E-state index in [2.05, 4.69) is 17.2 Å². The van der Waals surface area contributed by atoms with Crippen LogP contribution in [0.2, 0.25) is 6.82 Å². The molecule has 0 aliphatic heterocycles. The van der Waals surface area contributed by atoms with Crippen molar-refractivity contribution in [1.82, 2.24) is 4.98 Å². The largest absolute Gasteiger partial charge is 0.268 e. The zero-order valence-electron chi connectivity index (χ0n) is 5.14. The molecular weight excluding hydrogens is 116 g/mol. The number of hydrogen-bond donors (Lipinski definition) is 0. The van der Waals surface area contributed by atoms with Crippen molar-refractivity contribution < 1.29 is 0 Å². The van der Waals surface area contributed by atoms with Crippen molar-refractivity contribution in [3.05, 3.63) is 5.38 Å². The fourth-order valence-corrected chi connectivity index (χ4v) is 1.27. The summed E-state index contributed by atoms with van der Waals surface area (Å²) in [6, 6.07) is 0. The lowest BCUT2D eigenvalue weighted by molar-refractivity contribution is 1.54. The van der Waals surface area contributed by atoms with Crippen LogP contribution < -0.4 is 10.5 Å². The molecule has 0 saturated carbocycles. The van der Waals surface area contributed by atoms with Crippen molar-refractivity contribution in [3.63, 3.8) is 0 Å². The molecule has 8 heavy (non-hydrogen) atoms. The van der Waals surface area contributed by atoms with Gasteiger partial charge in [-0.25, -0.2) is 0 Å². The third kappa shape index (κ3) is 1.13. The topological polar surface area (TPSA) is 12.9 Å². The van der Waals surface area contributed by atoms with Crippen LogP contribution in [-0.4, -0.2) is 20.1 Å². The number of hydrogen-bond acceptors (Lipinski definition) is 2. The van der Waals surface area contributed by atoms with E-state index < -0.39 is 0 Å². The predicted octanol–water partition coefficient (Wildman–Crippen LogP) is -1.49. The highest BCUT2D eigenvalue weighted by Crippen LogP contribution is 1.81. The second-order valence-corrected chi connectivity index (χ2v) is 2.77. The first-order valence-electron chi connectivity index (χ1n) is 2.74. The van der Waals surface area contributed by atoms with Gasteiger partial charge in [0.05, 0.1) is 0 Å². The molecule has 1 rings (SSSR count). The number of rotatable bonds is 1. The summed E-state index contributed by atoms with van der Waals surface area (Å²) in [5.74, 6) is 0. The maximum Gasteiger partial charge on any atom is 0.180 e. The van der Waals surface area contributed by atoms with Crippen LogP contribution >= 0.6 is 11.3 Å². The molecule has 0 spiro atoms. The summed E-state index contributed by atoms with van der Waals surface area (Å²) >= 11 is 1.72. The van der Waals surface area contributed by atoms with Gasteiger partial charge >= 0.3 is 0 Å². The summed E-state index contributed by atoms with van der Waals surface area (Å²) in [5.41, 5.74) is 1.22. The first-order chi connectivity index (χ1) is 3.83. The maximum absolute atomic E-state index is 4.25. The zero-order chi connectivity index (χ0) is 5.98. The molecule has 1 aromatic heterocycles. The van der Waals surface area contributed by atoms with Crippen LogP contribution in [0.3, 0.4) is 0 Å². The van der Waals surface area contributed by atoms with Gasteiger partial charge in [0.25, 0.3) is 0 Å². The van der Waals surface area contributed by atoms with Crippen molar-refractivity contribution >= 4 is 37.0 Å². The maximum atomic E-state index is 4.25. The number of nitrogens with zero attached hydrogens (tertiary/aromatic N) is 1. The van der Waals surface area contributed by atoms with Crippen molar-refractivity contribution in [1.29, 1.82) is 0 Å². The van der Waals surface area contributed by atoms with Gasteiger partial charge < -0.3 is 0 Å². The molecule has 1 heterocycles. The third-order valence-corrected chi connectivity index (χ3v) is 1.85. The molecule has 0 bridgehead atoms. The summed E-state index contributed by atoms with van der Waals surface area (Å²) in [4.78, 5) is 5.42. The van der Waals surface area contributed by atoms with Gasteiger partial charge in [-0.05, 0) is 0 Å². The summed E-state index contributed by atoms with van der Waals surface area (Å²) in [5, 5.41) is 2.11. The molecule has 0 radical (unpaired) electrons. The lowest BCUT2D eigenvalue weighted by Crippen LogP contribution is -2.15. The quantitative estimate of drug-likeness (QED) is 0.414. The molecule has 0 atom stereocenters. The van der Waals surface area contributed by atoms with Crippen LogP contribution in [0.15, 0.2) is 5.38 Å². The van der Waals surface area contributed by atoms with Gasteiger partial charge in [0, 0.05) is 15.9 Å². The molecule has 40 valence electrons. The van der Waals surface area contributed by atoms with Crippen LogP contribution in [0.4, 0.5) is 0 Å². The Labute approximate surface area is 54.8 Å². The minimum absolute atomic E-state index is 1.06. The molecule has 0 unspecified atom stereocenters. The smallest absolute Gasteiger partial charge is 0.180 e. The fraction of sp³-hybridized carbons (Fsp3) is 0.250. The summed E-state index contributed by atoms with van der Waals surface area (Å²) < 4.78 is 0. The van der Waals surface area contributed by atoms with Crippen molar-refractivity contribution in [3.8, 4) is 0 Å². The standard InChI is InChI=1S/C4H7B2NS/c1-6-3-2-8-4(5)7-3/h2,6H,5H2,1H3. The molecule has 0 fully saturated rings. The van der Waals surface area contributed by atoms with E-state index in [9.17, 15) is 0 Å². The van der Waals surface area contributed by atoms with E-state index in [0.717, 1.165) is 7.28 Å². The van der Waals surface area contributed by atoms with E-state index in [-0.39, 0.29) is 0 Å². The zero-order valence-corrected chi connectivity index (χ0v) is 5.96. The van der Waals surface area contributed by atoms with Crippen LogP contribution in [0.25, 0.3) is 0 Å². The van der Waals surface area contributed by atoms with Gasteiger partial charge in [-0.2, -0.15) is 0 Å². The summed E-state index contributed by atoms with van der Waals surface area (Å²) in [6.07, 6.45) is 0. The lowest BCUT2D eigenvalue weighted by atomic mass is 9.79. The van der Waals surface area contributed by atoms with E-state index in [1.165, 1.54) is 10.5 Å². The van der Waals surface area contributed by atoms with Gasteiger partial charge in [0.15, 0.2) is 15.1 Å². The normalized spacial score (nSPS) is 9.12. The van der Waals surface area contributed by atoms with Gasteiger partial charge in [0.2, 0.25) is 0 Å². The average molecular weight is 123 g/mol. The molecule has 4 heteroatoms. The molecule has 0 aliphatic carbocycles. The Bertz CT molecular complexity index is 174. The molecule has 0 N–H and O–H groups in total. The SMILES string of the molecule is Bc1nc(BC)cs1. The molecule has 1 aromatic rings. The van der Waals surface area contributed by atoms with Crippen molar-refractivity contribution in [2.45, 2.75) is 6.82 Å². The minimum atomic E-state index is 1.06. The lowest BCUT2D eigenvalue weighted by Gasteiger charge is -1.77. The van der Waals surface area contributed by atoms with E-state index in [4.69, 9.17) is 0 Å². The number of aromatic nitrogens is 1. The van der Waals surface area contributed by atoms with Crippen LogP contribution in [0.5, 0.6) is 0 Å². The molecule has 0 saturated heterocycles. The minimum Gasteiger partial charge on any atom is -0.268 e. The second-order valence-electron chi connectivity index (χ2n) is 1.71. The molecular formula is C4H7B2NS. The molecule has 0 aromatic carbocycles. The highest BCUT2D eigenvalue weighted by atomic mass is 32.1. The Kier molecular flexibility index (Phi) is 1.73. The van der Waals surface area contributed by atoms with Crippen molar-refractivity contribution in [2.75, 3.05) is 0 Å². The number of thiazole rings is 1. The average Bonchev–Trinajstić information content (AvgIpc) is 2.14. The molecule has 0 aliphatic rings. The Hall–Kier alpha value is -0.240. The van der Waals surface area contributed by atoms with Crippen LogP contribution in [-0.2, 0) is 0 Å². The van der Waals surface area contributed by atoms with Crippen molar-refractivity contribution in [2.24, 2.45) is 0 Å². The fourth-order valence-electron chi connectivity index (χ4n) is 0.571.